The summed E-state index contributed by atoms with van der Waals surface area (Å²) in [5.41, 5.74) is 2.03. The monoisotopic (exact) mass is 610 g/mol. The second-order valence-corrected chi connectivity index (χ2v) is 19.5. The molecule has 3 aromatic rings. The molecule has 0 unspecified atom stereocenters. The highest BCUT2D eigenvalue weighted by atomic mass is 32.2. The van der Waals surface area contributed by atoms with Crippen molar-refractivity contribution < 1.29 is 26.8 Å². The van der Waals surface area contributed by atoms with Crippen LogP contribution in [0, 0.1) is 23.7 Å². The summed E-state index contributed by atoms with van der Waals surface area (Å²) < 4.78 is 48.3. The Kier molecular flexibility index (Phi) is 9.95. The first kappa shape index (κ1) is 33.3. The molecule has 2 aromatic carbocycles. The summed E-state index contributed by atoms with van der Waals surface area (Å²) in [5, 5.41) is 9.21. The molecule has 2 atom stereocenters. The third kappa shape index (κ3) is 7.98. The molecule has 1 aromatic heterocycles. The van der Waals surface area contributed by atoms with Gasteiger partial charge < -0.3 is 13.6 Å². The highest BCUT2D eigenvalue weighted by molar-refractivity contribution is 7.89. The molecule has 42 heavy (non-hydrogen) atoms. The molecule has 0 aliphatic heterocycles. The van der Waals surface area contributed by atoms with E-state index in [4.69, 9.17) is 13.6 Å². The van der Waals surface area contributed by atoms with Crippen molar-refractivity contribution in [1.29, 1.82) is 5.26 Å². The van der Waals surface area contributed by atoms with Gasteiger partial charge in [-0.2, -0.15) is 9.98 Å². The number of hydrogen-bond donors (Lipinski definition) is 1. The van der Waals surface area contributed by atoms with Crippen LogP contribution in [0.3, 0.4) is 0 Å². The summed E-state index contributed by atoms with van der Waals surface area (Å²) in [6.45, 7) is 17.4. The fraction of sp³-hybridized carbons (Fsp3) is 0.438. The Hall–Kier alpha value is -3.23. The zero-order valence-corrected chi connectivity index (χ0v) is 27.8. The molecule has 0 saturated heterocycles. The van der Waals surface area contributed by atoms with Gasteiger partial charge in [0, 0.05) is 5.56 Å². The van der Waals surface area contributed by atoms with Gasteiger partial charge in [-0.1, -0.05) is 50.6 Å². The van der Waals surface area contributed by atoms with Gasteiger partial charge in [0.05, 0.1) is 34.3 Å². The van der Waals surface area contributed by atoms with Crippen LogP contribution in [0.5, 0.6) is 0 Å². The van der Waals surface area contributed by atoms with Crippen molar-refractivity contribution >= 4 is 24.3 Å². The Labute approximate surface area is 251 Å². The van der Waals surface area contributed by atoms with Crippen LogP contribution in [-0.4, -0.2) is 29.3 Å². The topological polar surface area (TPSA) is 119 Å². The van der Waals surface area contributed by atoms with Gasteiger partial charge in [0.2, 0.25) is 10.0 Å². The van der Waals surface area contributed by atoms with Crippen LogP contribution in [0.25, 0.3) is 0 Å². The molecule has 0 amide bonds. The highest BCUT2D eigenvalue weighted by Gasteiger charge is 2.41. The first-order valence-electron chi connectivity index (χ1n) is 13.9. The molecule has 0 aliphatic rings. The van der Waals surface area contributed by atoms with Gasteiger partial charge in [0.15, 0.2) is 8.32 Å². The van der Waals surface area contributed by atoms with Crippen LogP contribution in [-0.2, 0) is 24.0 Å². The van der Waals surface area contributed by atoms with Gasteiger partial charge in [0.1, 0.15) is 18.4 Å². The number of aryl methyl sites for hydroxylation is 1. The molecule has 0 radical (unpaired) electrons. The Morgan fingerprint density at radius 1 is 1.00 bits per heavy atom. The number of sulfonamides is 1. The van der Waals surface area contributed by atoms with Gasteiger partial charge in [0.25, 0.3) is 0 Å². The summed E-state index contributed by atoms with van der Waals surface area (Å²) in [7, 11) is -6.41. The number of nitriles is 1. The molecule has 0 aliphatic carbocycles. The third-order valence-corrected chi connectivity index (χ3v) is 13.4. The van der Waals surface area contributed by atoms with E-state index < -0.39 is 41.9 Å². The third-order valence-electron chi connectivity index (χ3n) is 7.51. The number of carbonyl (C=O) groups excluding carboxylic acids is 1. The van der Waals surface area contributed by atoms with Crippen LogP contribution < -0.4 is 4.72 Å². The minimum absolute atomic E-state index is 0.0783. The second-order valence-electron chi connectivity index (χ2n) is 13.1. The number of esters is 1. The van der Waals surface area contributed by atoms with E-state index in [2.05, 4.69) is 44.7 Å². The molecule has 1 heterocycles. The van der Waals surface area contributed by atoms with Crippen LogP contribution in [0.4, 0.5) is 0 Å². The maximum absolute atomic E-state index is 13.5. The van der Waals surface area contributed by atoms with Crippen molar-refractivity contribution in [2.75, 3.05) is 6.61 Å². The van der Waals surface area contributed by atoms with E-state index in [1.54, 1.807) is 51.1 Å². The van der Waals surface area contributed by atoms with E-state index >= 15 is 0 Å². The fourth-order valence-corrected chi connectivity index (χ4v) is 6.24. The molecule has 8 nitrogen and oxygen atoms in total. The number of nitrogens with one attached hydrogen (secondary N) is 1. The largest absolute Gasteiger partial charge is 0.467 e. The number of furan rings is 1. The summed E-state index contributed by atoms with van der Waals surface area (Å²) in [4.78, 5) is 12.8. The van der Waals surface area contributed by atoms with E-state index in [0.29, 0.717) is 11.1 Å². The molecule has 0 saturated carbocycles. The van der Waals surface area contributed by atoms with E-state index in [1.165, 1.54) is 18.4 Å². The zero-order valence-electron chi connectivity index (χ0n) is 25.9. The molecule has 3 rings (SSSR count). The number of rotatable bonds is 10. The summed E-state index contributed by atoms with van der Waals surface area (Å²) in [5.74, 6) is -0.197. The fourth-order valence-electron chi connectivity index (χ4n) is 3.86. The lowest BCUT2D eigenvalue weighted by molar-refractivity contribution is -0.153. The van der Waals surface area contributed by atoms with E-state index in [1.807, 2.05) is 19.1 Å². The lowest BCUT2D eigenvalue weighted by Gasteiger charge is -2.39. The second kappa shape index (κ2) is 12.6. The molecule has 1 N–H and O–H groups in total. The maximum atomic E-state index is 13.5. The predicted octanol–water partition coefficient (Wildman–Crippen LogP) is 7.18. The van der Waals surface area contributed by atoms with Gasteiger partial charge >= 0.3 is 5.97 Å². The minimum Gasteiger partial charge on any atom is -0.467 e. The average Bonchev–Trinajstić information content (AvgIpc) is 3.38. The van der Waals surface area contributed by atoms with E-state index in [-0.39, 0.29) is 22.3 Å². The molecular formula is C32H42N2O6SSi. The van der Waals surface area contributed by atoms with Crippen molar-refractivity contribution in [3.05, 3.63) is 88.9 Å². The van der Waals surface area contributed by atoms with E-state index in [9.17, 15) is 18.5 Å². The van der Waals surface area contributed by atoms with Gasteiger partial charge in [-0.25, -0.2) is 8.42 Å². The van der Waals surface area contributed by atoms with Crippen LogP contribution >= 0.6 is 0 Å². The SMILES string of the molecule is Cc1ccc(S(=O)(=O)N[C@@H](COC(=O)C(C)(C)C)c2occc2[C@H](O[Si](C)(C)C(C)(C)C)c2ccc(C#N)cc2)cc1. The molecule has 10 heteroatoms. The predicted molar refractivity (Wildman–Crippen MR) is 165 cm³/mol. The number of nitrogens with zero attached hydrogens (tertiary/aromatic N) is 1. The van der Waals surface area contributed by atoms with Crippen molar-refractivity contribution in [1.82, 2.24) is 4.72 Å². The molecule has 0 bridgehead atoms. The molecule has 0 spiro atoms. The number of hydrogen-bond acceptors (Lipinski definition) is 7. The van der Waals surface area contributed by atoms with Gasteiger partial charge in [-0.15, -0.1) is 0 Å². The number of ether oxygens (including phenoxy) is 1. The summed E-state index contributed by atoms with van der Waals surface area (Å²) >= 11 is 0. The quantitative estimate of drug-likeness (QED) is 0.191. The van der Waals surface area contributed by atoms with Crippen LogP contribution in [0.1, 0.15) is 81.7 Å². The Morgan fingerprint density at radius 2 is 1.60 bits per heavy atom. The highest BCUT2D eigenvalue weighted by Crippen LogP contribution is 2.43. The lowest BCUT2D eigenvalue weighted by Crippen LogP contribution is -2.42. The molecule has 226 valence electrons. The standard InChI is InChI=1S/C32H42N2O6SSi/c1-22-10-16-25(17-11-22)41(36,37)34-27(21-39-30(35)31(2,3)4)29-26(18-19-38-29)28(40-42(8,9)32(5,6)7)24-14-12-23(20-33)13-15-24/h10-19,27-28,34H,21H2,1-9H3/t27-,28+/m0/s1. The van der Waals surface area contributed by atoms with Crippen LogP contribution in [0.15, 0.2) is 70.2 Å². The average molecular weight is 611 g/mol. The van der Waals surface area contributed by atoms with Gasteiger partial charge in [-0.05, 0) is 81.7 Å². The van der Waals surface area contributed by atoms with E-state index in [0.717, 1.165) is 11.1 Å². The Bertz CT molecular complexity index is 1520. The normalized spacial score (nSPS) is 14.2. The molecular weight excluding hydrogens is 569 g/mol. The smallest absolute Gasteiger partial charge is 0.311 e. The number of benzene rings is 2. The summed E-state index contributed by atoms with van der Waals surface area (Å²) in [6.07, 6.45) is 0.854. The first-order valence-corrected chi connectivity index (χ1v) is 18.3. The van der Waals surface area contributed by atoms with Crippen molar-refractivity contribution in [3.8, 4) is 6.07 Å². The van der Waals surface area contributed by atoms with Crippen molar-refractivity contribution in [2.45, 2.75) is 83.6 Å². The Morgan fingerprint density at radius 3 is 2.12 bits per heavy atom. The molecule has 0 fully saturated rings. The van der Waals surface area contributed by atoms with Crippen LogP contribution in [0.2, 0.25) is 18.1 Å². The Balaban J connectivity index is 2.13. The zero-order chi connectivity index (χ0) is 31.5. The first-order chi connectivity index (χ1) is 19.4. The van der Waals surface area contributed by atoms with Crippen molar-refractivity contribution in [2.24, 2.45) is 5.41 Å². The summed E-state index contributed by atoms with van der Waals surface area (Å²) in [6, 6.07) is 16.4. The lowest BCUT2D eigenvalue weighted by atomic mass is 9.97. The van der Waals surface area contributed by atoms with Crippen molar-refractivity contribution in [3.63, 3.8) is 0 Å². The maximum Gasteiger partial charge on any atom is 0.311 e. The minimum atomic E-state index is -4.03. The van der Waals surface area contributed by atoms with Gasteiger partial charge in [-0.3, -0.25) is 4.79 Å². The number of carbonyl (C=O) groups is 1.